The van der Waals surface area contributed by atoms with Gasteiger partial charge in [0.05, 0.1) is 18.4 Å². The largest absolute Gasteiger partial charge is 0.479 e. The number of carbonyl (C=O) groups is 2. The van der Waals surface area contributed by atoms with E-state index in [-0.39, 0.29) is 24.2 Å². The molecule has 1 aromatic heterocycles. The molecule has 7 nitrogen and oxygen atoms in total. The molecule has 0 radical (unpaired) electrons. The van der Waals surface area contributed by atoms with Crippen molar-refractivity contribution in [3.63, 3.8) is 0 Å². The Labute approximate surface area is 144 Å². The number of aromatic nitrogens is 3. The van der Waals surface area contributed by atoms with Gasteiger partial charge in [-0.15, -0.1) is 5.10 Å². The van der Waals surface area contributed by atoms with E-state index in [1.165, 1.54) is 10.9 Å². The number of benzene rings is 1. The Bertz CT molecular complexity index is 774. The second-order valence-corrected chi connectivity index (χ2v) is 5.27. The second-order valence-electron chi connectivity index (χ2n) is 5.27. The summed E-state index contributed by atoms with van der Waals surface area (Å²) < 4.78 is 51.1. The Morgan fingerprint density at radius 2 is 1.88 bits per heavy atom. The number of aryl methyl sites for hydroxylation is 1. The lowest BCUT2D eigenvalue weighted by molar-refractivity contribution is -0.139. The Balaban J connectivity index is 2.14. The average Bonchev–Trinajstić information content (AvgIpc) is 3.06. The van der Waals surface area contributed by atoms with Crippen molar-refractivity contribution in [2.24, 2.45) is 0 Å². The van der Waals surface area contributed by atoms with Gasteiger partial charge in [0, 0.05) is 6.54 Å². The molecule has 11 heteroatoms. The molecule has 1 atom stereocenters. The van der Waals surface area contributed by atoms with E-state index in [0.29, 0.717) is 0 Å². The molecule has 1 aromatic carbocycles. The molecule has 0 saturated carbocycles. The van der Waals surface area contributed by atoms with Crippen LogP contribution in [-0.2, 0) is 17.5 Å². The van der Waals surface area contributed by atoms with Crippen LogP contribution >= 0.6 is 0 Å². The molecule has 1 amide bonds. The minimum atomic E-state index is -4.56. The van der Waals surface area contributed by atoms with Crippen molar-refractivity contribution in [3.05, 3.63) is 47.3 Å². The third-order valence-electron chi connectivity index (χ3n) is 3.39. The van der Waals surface area contributed by atoms with Crippen LogP contribution in [0.5, 0.6) is 0 Å². The molecule has 2 aromatic rings. The van der Waals surface area contributed by atoms with Gasteiger partial charge in [-0.3, -0.25) is 13.9 Å². The SMILES string of the molecule is O=C(NC(C(=O)O)c1ccc(C(F)(F)F)cc1)c1cn(CCCF)nn1. The predicted octanol–water partition coefficient (Wildman–Crippen LogP) is 2.21. The van der Waals surface area contributed by atoms with Crippen molar-refractivity contribution >= 4 is 11.9 Å². The molecule has 0 fully saturated rings. The topological polar surface area (TPSA) is 97.1 Å². The van der Waals surface area contributed by atoms with Crippen LogP contribution in [0.2, 0.25) is 0 Å². The normalized spacial score (nSPS) is 12.6. The number of amides is 1. The van der Waals surface area contributed by atoms with E-state index in [0.717, 1.165) is 24.3 Å². The summed E-state index contributed by atoms with van der Waals surface area (Å²) in [6, 6.07) is 1.83. The van der Waals surface area contributed by atoms with E-state index in [9.17, 15) is 32.3 Å². The summed E-state index contributed by atoms with van der Waals surface area (Å²) in [6.45, 7) is -0.381. The zero-order valence-electron chi connectivity index (χ0n) is 13.2. The van der Waals surface area contributed by atoms with Crippen LogP contribution in [0.1, 0.15) is 34.1 Å². The maximum Gasteiger partial charge on any atom is 0.416 e. The maximum atomic E-state index is 12.6. The van der Waals surface area contributed by atoms with Gasteiger partial charge < -0.3 is 10.4 Å². The van der Waals surface area contributed by atoms with Crippen molar-refractivity contribution < 1.29 is 32.3 Å². The van der Waals surface area contributed by atoms with Gasteiger partial charge in [-0.2, -0.15) is 13.2 Å². The number of carboxylic acid groups (broad SMARTS) is 1. The number of carbonyl (C=O) groups excluding carboxylic acids is 1. The first kappa shape index (κ1) is 19.3. The number of nitrogens with one attached hydrogen (secondary N) is 1. The van der Waals surface area contributed by atoms with E-state index < -0.39 is 36.3 Å². The van der Waals surface area contributed by atoms with E-state index >= 15 is 0 Å². The first-order valence-corrected chi connectivity index (χ1v) is 7.39. The fourth-order valence-corrected chi connectivity index (χ4v) is 2.09. The molecule has 26 heavy (non-hydrogen) atoms. The Kier molecular flexibility index (Phi) is 5.90. The van der Waals surface area contributed by atoms with Gasteiger partial charge in [-0.1, -0.05) is 17.3 Å². The number of aliphatic carboxylic acids is 1. The summed E-state index contributed by atoms with van der Waals surface area (Å²) in [6.07, 6.45) is -3.16. The average molecular weight is 374 g/mol. The van der Waals surface area contributed by atoms with Gasteiger partial charge in [0.1, 0.15) is 0 Å². The van der Waals surface area contributed by atoms with E-state index in [2.05, 4.69) is 15.6 Å². The molecule has 2 rings (SSSR count). The van der Waals surface area contributed by atoms with Gasteiger partial charge in [0.25, 0.3) is 5.91 Å². The lowest BCUT2D eigenvalue weighted by atomic mass is 10.0. The smallest absolute Gasteiger partial charge is 0.416 e. The third kappa shape index (κ3) is 4.77. The predicted molar refractivity (Wildman–Crippen MR) is 79.9 cm³/mol. The molecular formula is C15H14F4N4O3. The third-order valence-corrected chi connectivity index (χ3v) is 3.39. The molecule has 1 heterocycles. The maximum absolute atomic E-state index is 12.6. The first-order chi connectivity index (χ1) is 12.2. The number of rotatable bonds is 7. The number of alkyl halides is 4. The zero-order valence-corrected chi connectivity index (χ0v) is 13.2. The molecule has 0 bridgehead atoms. The molecule has 0 spiro atoms. The number of hydrogen-bond donors (Lipinski definition) is 2. The standard InChI is InChI=1S/C15H14F4N4O3/c16-6-1-7-23-8-11(21-22-23)13(24)20-12(14(25)26)9-2-4-10(5-3-9)15(17,18)19/h2-5,8,12H,1,6-7H2,(H,20,24)(H,25,26). The minimum absolute atomic E-state index is 0.0383. The molecule has 0 aliphatic heterocycles. The second kappa shape index (κ2) is 7.93. The summed E-state index contributed by atoms with van der Waals surface area (Å²) in [7, 11) is 0. The number of carboxylic acids is 1. The van der Waals surface area contributed by atoms with Crippen LogP contribution in [0.25, 0.3) is 0 Å². The van der Waals surface area contributed by atoms with E-state index in [1.54, 1.807) is 0 Å². The van der Waals surface area contributed by atoms with Crippen molar-refractivity contribution in [3.8, 4) is 0 Å². The highest BCUT2D eigenvalue weighted by molar-refractivity contribution is 5.94. The van der Waals surface area contributed by atoms with Crippen LogP contribution < -0.4 is 5.32 Å². The first-order valence-electron chi connectivity index (χ1n) is 7.39. The van der Waals surface area contributed by atoms with Crippen LogP contribution in [0.15, 0.2) is 30.5 Å². The van der Waals surface area contributed by atoms with Gasteiger partial charge in [-0.25, -0.2) is 4.79 Å². The molecule has 0 saturated heterocycles. The van der Waals surface area contributed by atoms with Crippen LogP contribution in [0.3, 0.4) is 0 Å². The molecule has 2 N–H and O–H groups in total. The fourth-order valence-electron chi connectivity index (χ4n) is 2.09. The molecule has 0 aliphatic rings. The molecule has 0 aliphatic carbocycles. The van der Waals surface area contributed by atoms with Gasteiger partial charge in [-0.05, 0) is 24.1 Å². The summed E-state index contributed by atoms with van der Waals surface area (Å²) in [5, 5.41) is 18.6. The van der Waals surface area contributed by atoms with Crippen molar-refractivity contribution in [2.45, 2.75) is 25.2 Å². The summed E-state index contributed by atoms with van der Waals surface area (Å²) in [4.78, 5) is 23.5. The van der Waals surface area contributed by atoms with Crippen LogP contribution in [-0.4, -0.2) is 38.7 Å². The van der Waals surface area contributed by atoms with E-state index in [1.807, 2.05) is 0 Å². The van der Waals surface area contributed by atoms with Crippen molar-refractivity contribution in [1.82, 2.24) is 20.3 Å². The highest BCUT2D eigenvalue weighted by Gasteiger charge is 2.31. The van der Waals surface area contributed by atoms with Gasteiger partial charge >= 0.3 is 12.1 Å². The Hall–Kier alpha value is -2.98. The lowest BCUT2D eigenvalue weighted by Gasteiger charge is -2.15. The van der Waals surface area contributed by atoms with Crippen LogP contribution in [0, 0.1) is 0 Å². The number of hydrogen-bond acceptors (Lipinski definition) is 4. The zero-order chi connectivity index (χ0) is 19.3. The summed E-state index contributed by atoms with van der Waals surface area (Å²) in [5.74, 6) is -2.33. The molecular weight excluding hydrogens is 360 g/mol. The van der Waals surface area contributed by atoms with Crippen molar-refractivity contribution in [1.29, 1.82) is 0 Å². The fraction of sp³-hybridized carbons (Fsp3) is 0.333. The van der Waals surface area contributed by atoms with E-state index in [4.69, 9.17) is 0 Å². The van der Waals surface area contributed by atoms with Gasteiger partial charge in [0.15, 0.2) is 11.7 Å². The van der Waals surface area contributed by atoms with Crippen LogP contribution in [0.4, 0.5) is 17.6 Å². The Morgan fingerprint density at radius 3 is 2.42 bits per heavy atom. The number of halogens is 4. The summed E-state index contributed by atoms with van der Waals surface area (Å²) >= 11 is 0. The summed E-state index contributed by atoms with van der Waals surface area (Å²) in [5.41, 5.74) is -1.17. The van der Waals surface area contributed by atoms with Gasteiger partial charge in [0.2, 0.25) is 0 Å². The molecule has 1 unspecified atom stereocenters. The number of nitrogens with zero attached hydrogens (tertiary/aromatic N) is 3. The minimum Gasteiger partial charge on any atom is -0.479 e. The Morgan fingerprint density at radius 1 is 1.23 bits per heavy atom. The molecule has 140 valence electrons. The highest BCUT2D eigenvalue weighted by Crippen LogP contribution is 2.30. The monoisotopic (exact) mass is 374 g/mol. The lowest BCUT2D eigenvalue weighted by Crippen LogP contribution is -2.34. The quantitative estimate of drug-likeness (QED) is 0.725. The van der Waals surface area contributed by atoms with Crippen molar-refractivity contribution in [2.75, 3.05) is 6.67 Å². The highest BCUT2D eigenvalue weighted by atomic mass is 19.4.